The predicted molar refractivity (Wildman–Crippen MR) is 66.3 cm³/mol. The molecule has 0 atom stereocenters. The molecule has 0 amide bonds. The van der Waals surface area contributed by atoms with Crippen LogP contribution in [0.25, 0.3) is 0 Å². The SMILES string of the molecule is CC(C)[Se]C([Se]C(C)C)[Se]C(C)C. The van der Waals surface area contributed by atoms with Crippen molar-refractivity contribution in [2.45, 2.75) is 58.6 Å². The second kappa shape index (κ2) is 7.80. The molecule has 0 aliphatic carbocycles. The Labute approximate surface area is 103 Å². The predicted octanol–water partition coefficient (Wildman–Crippen LogP) is 3.29. The summed E-state index contributed by atoms with van der Waals surface area (Å²) in [5.41, 5.74) is 0. The molecule has 3 heteroatoms. The van der Waals surface area contributed by atoms with E-state index in [-0.39, 0.29) is 0 Å². The van der Waals surface area contributed by atoms with E-state index in [0.29, 0.717) is 0 Å². The van der Waals surface area contributed by atoms with E-state index in [1.165, 1.54) is 0 Å². The molecule has 0 saturated carbocycles. The minimum absolute atomic E-state index is 0.911. The molecule has 0 nitrogen and oxygen atoms in total. The standard InChI is InChI=1S/C10H22Se3/c1-7(2)11-10(12-8(3)4)13-9(5)6/h7-10H,1-6H3. The van der Waals surface area contributed by atoms with Gasteiger partial charge in [0.05, 0.1) is 0 Å². The molecule has 0 aromatic carbocycles. The fourth-order valence-electron chi connectivity index (χ4n) is 0.763. The summed E-state index contributed by atoms with van der Waals surface area (Å²) in [6.07, 6.45) is 0. The molecule has 0 aromatic heterocycles. The van der Waals surface area contributed by atoms with E-state index in [1.54, 1.807) is 0 Å². The van der Waals surface area contributed by atoms with Gasteiger partial charge in [0.2, 0.25) is 0 Å². The molecule has 13 heavy (non-hydrogen) atoms. The van der Waals surface area contributed by atoms with Crippen LogP contribution in [0.4, 0.5) is 0 Å². The summed E-state index contributed by atoms with van der Waals surface area (Å²) in [5.74, 6) is 0. The molecule has 0 unspecified atom stereocenters. The Morgan fingerprint density at radius 1 is 0.538 bits per heavy atom. The molecule has 0 N–H and O–H groups in total. The molecule has 0 radical (unpaired) electrons. The van der Waals surface area contributed by atoms with Gasteiger partial charge in [-0.1, -0.05) is 0 Å². The second-order valence-electron chi connectivity index (χ2n) is 3.84. The summed E-state index contributed by atoms with van der Waals surface area (Å²) in [6.45, 7) is 14.3. The Hall–Kier alpha value is 1.56. The van der Waals surface area contributed by atoms with Crippen LogP contribution in [0.2, 0.25) is 17.1 Å². The van der Waals surface area contributed by atoms with Gasteiger partial charge in [-0.2, -0.15) is 0 Å². The zero-order valence-corrected chi connectivity index (χ0v) is 14.7. The maximum atomic E-state index is 2.39. The van der Waals surface area contributed by atoms with Gasteiger partial charge in [-0.25, -0.2) is 0 Å². The van der Waals surface area contributed by atoms with Crippen LogP contribution >= 0.6 is 0 Å². The van der Waals surface area contributed by atoms with Gasteiger partial charge >= 0.3 is 103 Å². The van der Waals surface area contributed by atoms with Crippen molar-refractivity contribution >= 4 is 44.9 Å². The van der Waals surface area contributed by atoms with Crippen LogP contribution in [0, 0.1) is 0 Å². The third-order valence-electron chi connectivity index (χ3n) is 1.15. The summed E-state index contributed by atoms with van der Waals surface area (Å²) < 4.78 is 1.15. The normalized spacial score (nSPS) is 12.5. The monoisotopic (exact) mass is 382 g/mol. The van der Waals surface area contributed by atoms with Gasteiger partial charge in [-0.3, -0.25) is 0 Å². The van der Waals surface area contributed by atoms with Crippen LogP contribution in [-0.4, -0.2) is 44.9 Å². The molecular weight excluding hydrogens is 357 g/mol. The van der Waals surface area contributed by atoms with Gasteiger partial charge in [-0.05, 0) is 0 Å². The molecule has 0 spiro atoms. The Bertz CT molecular complexity index is 97.6. The van der Waals surface area contributed by atoms with Crippen LogP contribution in [0.15, 0.2) is 0 Å². The minimum atomic E-state index is 0.911. The fraction of sp³-hybridized carbons (Fsp3) is 1.00. The Morgan fingerprint density at radius 2 is 0.769 bits per heavy atom. The van der Waals surface area contributed by atoms with Crippen LogP contribution in [-0.2, 0) is 0 Å². The number of hydrogen-bond donors (Lipinski definition) is 0. The van der Waals surface area contributed by atoms with Gasteiger partial charge in [0, 0.05) is 0 Å². The van der Waals surface area contributed by atoms with E-state index in [4.69, 9.17) is 0 Å². The summed E-state index contributed by atoms with van der Waals surface area (Å²) >= 11 is 2.73. The van der Waals surface area contributed by atoms with Gasteiger partial charge in [0.15, 0.2) is 0 Å². The molecule has 0 heterocycles. The van der Waals surface area contributed by atoms with Crippen molar-refractivity contribution in [1.29, 1.82) is 0 Å². The molecule has 0 fully saturated rings. The molecule has 0 aliphatic heterocycles. The Kier molecular flexibility index (Phi) is 8.73. The first-order valence-electron chi connectivity index (χ1n) is 4.88. The number of hydrogen-bond acceptors (Lipinski definition) is 0. The quantitative estimate of drug-likeness (QED) is 0.622. The molecule has 0 aliphatic rings. The van der Waals surface area contributed by atoms with E-state index in [1.807, 2.05) is 0 Å². The van der Waals surface area contributed by atoms with E-state index < -0.39 is 0 Å². The topological polar surface area (TPSA) is 0 Å². The first-order valence-corrected chi connectivity index (χ1v) is 10.8. The van der Waals surface area contributed by atoms with E-state index >= 15 is 0 Å². The van der Waals surface area contributed by atoms with Crippen LogP contribution in [0.3, 0.4) is 0 Å². The third-order valence-corrected chi connectivity index (χ3v) is 13.2. The first-order chi connectivity index (χ1) is 5.91. The van der Waals surface area contributed by atoms with Crippen molar-refractivity contribution in [2.24, 2.45) is 0 Å². The van der Waals surface area contributed by atoms with Crippen molar-refractivity contribution < 1.29 is 0 Å². The maximum absolute atomic E-state index is 2.39. The Balaban J connectivity index is 3.87. The van der Waals surface area contributed by atoms with Crippen molar-refractivity contribution in [3.05, 3.63) is 0 Å². The van der Waals surface area contributed by atoms with E-state index in [2.05, 4.69) is 41.5 Å². The van der Waals surface area contributed by atoms with Crippen molar-refractivity contribution in [3.8, 4) is 0 Å². The molecule has 0 aromatic rings. The molecule has 0 rings (SSSR count). The van der Waals surface area contributed by atoms with Crippen LogP contribution in [0.1, 0.15) is 41.5 Å². The molecular formula is C10H22Se3. The average molecular weight is 379 g/mol. The average Bonchev–Trinajstić information content (AvgIpc) is 1.80. The van der Waals surface area contributed by atoms with E-state index in [9.17, 15) is 0 Å². The van der Waals surface area contributed by atoms with E-state index in [0.717, 1.165) is 61.9 Å². The summed E-state index contributed by atoms with van der Waals surface area (Å²) in [7, 11) is 0. The summed E-state index contributed by atoms with van der Waals surface area (Å²) in [6, 6.07) is 0. The fourth-order valence-corrected chi connectivity index (χ4v) is 20.6. The van der Waals surface area contributed by atoms with Gasteiger partial charge in [-0.15, -0.1) is 0 Å². The molecule has 0 bridgehead atoms. The second-order valence-corrected chi connectivity index (χ2v) is 19.0. The van der Waals surface area contributed by atoms with Crippen molar-refractivity contribution in [1.82, 2.24) is 0 Å². The zero-order valence-electron chi connectivity index (χ0n) is 9.53. The zero-order chi connectivity index (χ0) is 10.4. The first kappa shape index (κ1) is 14.6. The van der Waals surface area contributed by atoms with Crippen LogP contribution < -0.4 is 0 Å². The molecule has 80 valence electrons. The van der Waals surface area contributed by atoms with Gasteiger partial charge < -0.3 is 0 Å². The Morgan fingerprint density at radius 3 is 0.923 bits per heavy atom. The van der Waals surface area contributed by atoms with Crippen molar-refractivity contribution in [2.75, 3.05) is 0 Å². The van der Waals surface area contributed by atoms with Gasteiger partial charge in [0.25, 0.3) is 0 Å². The summed E-state index contributed by atoms with van der Waals surface area (Å²) in [4.78, 5) is 2.87. The van der Waals surface area contributed by atoms with Crippen molar-refractivity contribution in [3.63, 3.8) is 0 Å². The third kappa shape index (κ3) is 9.85. The summed E-state index contributed by atoms with van der Waals surface area (Å²) in [5, 5.41) is 0. The number of rotatable bonds is 6. The van der Waals surface area contributed by atoms with Crippen LogP contribution in [0.5, 0.6) is 0 Å². The van der Waals surface area contributed by atoms with Gasteiger partial charge in [0.1, 0.15) is 0 Å². The molecule has 0 saturated heterocycles.